The van der Waals surface area contributed by atoms with E-state index in [1.165, 1.54) is 13.5 Å². The van der Waals surface area contributed by atoms with E-state index in [0.29, 0.717) is 0 Å². The molecule has 0 aromatic heterocycles. The lowest BCUT2D eigenvalue weighted by Crippen LogP contribution is -1.84. The number of hydrogen-bond acceptors (Lipinski definition) is 1. The van der Waals surface area contributed by atoms with Crippen molar-refractivity contribution < 1.29 is 9.13 Å². The van der Waals surface area contributed by atoms with Gasteiger partial charge in [0.2, 0.25) is 0 Å². The Bertz CT molecular complexity index is 98.8. The van der Waals surface area contributed by atoms with E-state index in [0.717, 1.165) is 0 Å². The van der Waals surface area contributed by atoms with Crippen LogP contribution in [0.25, 0.3) is 0 Å². The summed E-state index contributed by atoms with van der Waals surface area (Å²) in [5.41, 5.74) is 0. The Morgan fingerprint density at radius 3 is 2.75 bits per heavy atom. The molecule has 0 saturated heterocycles. The molecular formula is C6H8FO. The van der Waals surface area contributed by atoms with E-state index in [2.05, 4.69) is 16.8 Å². The van der Waals surface area contributed by atoms with Gasteiger partial charge in [-0.1, -0.05) is 0 Å². The summed E-state index contributed by atoms with van der Waals surface area (Å²) in [6.07, 6.45) is 1.05. The van der Waals surface area contributed by atoms with E-state index in [9.17, 15) is 4.39 Å². The Morgan fingerprint density at radius 2 is 2.38 bits per heavy atom. The van der Waals surface area contributed by atoms with Crippen molar-refractivity contribution in [2.75, 3.05) is 0 Å². The smallest absolute Gasteiger partial charge is 0.161 e. The Kier molecular flexibility index (Phi) is 4.05. The molecule has 1 atom stereocenters. The number of ether oxygens (including phenoxy) is 1. The molecule has 0 amide bonds. The van der Waals surface area contributed by atoms with Gasteiger partial charge in [0.25, 0.3) is 0 Å². The molecule has 0 fully saturated rings. The summed E-state index contributed by atoms with van der Waals surface area (Å²) in [6, 6.07) is 0. The Balaban J connectivity index is 3.20. The van der Waals surface area contributed by atoms with Crippen LogP contribution in [0.1, 0.15) is 13.8 Å². The quantitative estimate of drug-likeness (QED) is 0.470. The van der Waals surface area contributed by atoms with Crippen molar-refractivity contribution in [3.63, 3.8) is 0 Å². The summed E-state index contributed by atoms with van der Waals surface area (Å²) in [5, 5.41) is 0. The van der Waals surface area contributed by atoms with Gasteiger partial charge >= 0.3 is 0 Å². The van der Waals surface area contributed by atoms with Crippen LogP contribution in [0.3, 0.4) is 0 Å². The van der Waals surface area contributed by atoms with Crippen LogP contribution in [0, 0.1) is 18.6 Å². The fraction of sp³-hybridized carbons (Fsp3) is 0.500. The molecule has 0 bridgehead atoms. The van der Waals surface area contributed by atoms with Crippen LogP contribution in [0.2, 0.25) is 0 Å². The highest BCUT2D eigenvalue weighted by Crippen LogP contribution is 1.82. The van der Waals surface area contributed by atoms with Crippen LogP contribution in [-0.2, 0) is 4.74 Å². The summed E-state index contributed by atoms with van der Waals surface area (Å²) in [7, 11) is 0. The van der Waals surface area contributed by atoms with Crippen LogP contribution in [0.15, 0.2) is 0 Å². The molecule has 2 heteroatoms. The molecule has 0 N–H and O–H groups in total. The van der Waals surface area contributed by atoms with Gasteiger partial charge in [0.15, 0.2) is 6.17 Å². The first-order chi connectivity index (χ1) is 3.77. The predicted octanol–water partition coefficient (Wildman–Crippen LogP) is 1.50. The molecule has 45 valence electrons. The van der Waals surface area contributed by atoms with Gasteiger partial charge in [0, 0.05) is 0 Å². The van der Waals surface area contributed by atoms with Crippen molar-refractivity contribution in [3.05, 3.63) is 6.61 Å². The summed E-state index contributed by atoms with van der Waals surface area (Å²) in [5.74, 6) is 2.18. The zero-order chi connectivity index (χ0) is 6.41. The standard InChI is InChI=1S/C6H8FO/c1-3-8-5-4-6(2)7/h3,6H,1-2H3. The van der Waals surface area contributed by atoms with E-state index in [-0.39, 0.29) is 0 Å². The van der Waals surface area contributed by atoms with Crippen molar-refractivity contribution in [1.82, 2.24) is 0 Å². The molecular weight excluding hydrogens is 107 g/mol. The van der Waals surface area contributed by atoms with Gasteiger partial charge in [-0.25, -0.2) is 4.39 Å². The normalized spacial score (nSPS) is 11.4. The van der Waals surface area contributed by atoms with Gasteiger partial charge in [-0.05, 0) is 19.8 Å². The number of alkyl halides is 1. The van der Waals surface area contributed by atoms with Gasteiger partial charge in [0.1, 0.15) is 12.7 Å². The monoisotopic (exact) mass is 115 g/mol. The third-order valence-corrected chi connectivity index (χ3v) is 0.435. The zero-order valence-corrected chi connectivity index (χ0v) is 4.94. The predicted molar refractivity (Wildman–Crippen MR) is 29.4 cm³/mol. The summed E-state index contributed by atoms with van der Waals surface area (Å²) in [6.45, 7) is 4.43. The highest BCUT2D eigenvalue weighted by atomic mass is 19.1. The first-order valence-corrected chi connectivity index (χ1v) is 2.35. The molecule has 0 aromatic carbocycles. The first-order valence-electron chi connectivity index (χ1n) is 2.35. The molecule has 0 heterocycles. The van der Waals surface area contributed by atoms with Gasteiger partial charge in [-0.2, -0.15) is 0 Å². The molecule has 0 aliphatic rings. The van der Waals surface area contributed by atoms with Crippen molar-refractivity contribution in [3.8, 4) is 12.0 Å². The molecule has 0 aromatic rings. The molecule has 0 aliphatic heterocycles. The molecule has 0 saturated carbocycles. The number of rotatable bonds is 1. The lowest BCUT2D eigenvalue weighted by Gasteiger charge is -1.84. The lowest BCUT2D eigenvalue weighted by molar-refractivity contribution is 0.369. The second-order valence-electron chi connectivity index (χ2n) is 1.22. The second kappa shape index (κ2) is 4.45. The van der Waals surface area contributed by atoms with E-state index in [1.807, 2.05) is 0 Å². The Morgan fingerprint density at radius 1 is 1.75 bits per heavy atom. The van der Waals surface area contributed by atoms with Gasteiger partial charge in [0.05, 0.1) is 0 Å². The Labute approximate surface area is 48.8 Å². The van der Waals surface area contributed by atoms with E-state index in [1.54, 1.807) is 6.92 Å². The fourth-order valence-electron chi connectivity index (χ4n) is 0.174. The maximum Gasteiger partial charge on any atom is 0.161 e. The lowest BCUT2D eigenvalue weighted by atomic mass is 10.5. The van der Waals surface area contributed by atoms with Gasteiger partial charge < -0.3 is 4.74 Å². The third-order valence-electron chi connectivity index (χ3n) is 0.435. The van der Waals surface area contributed by atoms with Crippen LogP contribution >= 0.6 is 0 Å². The van der Waals surface area contributed by atoms with Crippen molar-refractivity contribution in [1.29, 1.82) is 0 Å². The van der Waals surface area contributed by atoms with Crippen LogP contribution < -0.4 is 0 Å². The van der Waals surface area contributed by atoms with E-state index >= 15 is 0 Å². The van der Waals surface area contributed by atoms with Gasteiger partial charge in [-0.15, -0.1) is 0 Å². The minimum absolute atomic E-state index is 1.10. The minimum Gasteiger partial charge on any atom is -0.440 e. The van der Waals surface area contributed by atoms with Crippen LogP contribution in [-0.4, -0.2) is 6.17 Å². The van der Waals surface area contributed by atoms with Crippen LogP contribution in [0.5, 0.6) is 0 Å². The second-order valence-corrected chi connectivity index (χ2v) is 1.22. The summed E-state index contributed by atoms with van der Waals surface area (Å²) >= 11 is 0. The fourth-order valence-corrected chi connectivity index (χ4v) is 0.174. The topological polar surface area (TPSA) is 9.23 Å². The summed E-state index contributed by atoms with van der Waals surface area (Å²) < 4.78 is 16.2. The molecule has 1 unspecified atom stereocenters. The van der Waals surface area contributed by atoms with Crippen molar-refractivity contribution in [2.24, 2.45) is 0 Å². The molecule has 1 nitrogen and oxygen atoms in total. The molecule has 0 rings (SSSR count). The van der Waals surface area contributed by atoms with Crippen molar-refractivity contribution in [2.45, 2.75) is 20.0 Å². The third kappa shape index (κ3) is 5.29. The first kappa shape index (κ1) is 7.29. The van der Waals surface area contributed by atoms with E-state index in [4.69, 9.17) is 0 Å². The highest BCUT2D eigenvalue weighted by molar-refractivity contribution is 4.97. The van der Waals surface area contributed by atoms with E-state index < -0.39 is 6.17 Å². The van der Waals surface area contributed by atoms with Crippen molar-refractivity contribution >= 4 is 0 Å². The molecule has 0 spiro atoms. The molecule has 1 radical (unpaired) electrons. The summed E-state index contributed by atoms with van der Waals surface area (Å²) in [4.78, 5) is 0. The van der Waals surface area contributed by atoms with Gasteiger partial charge in [-0.3, -0.25) is 0 Å². The average molecular weight is 115 g/mol. The minimum atomic E-state index is -1.10. The maximum atomic E-state index is 11.8. The number of hydrogen-bond donors (Lipinski definition) is 0. The number of halogens is 1. The Hall–Kier alpha value is -0.710. The van der Waals surface area contributed by atoms with Crippen LogP contribution in [0.4, 0.5) is 4.39 Å². The zero-order valence-electron chi connectivity index (χ0n) is 4.94. The highest BCUT2D eigenvalue weighted by Gasteiger charge is 1.84. The molecule has 8 heavy (non-hydrogen) atoms. The SMILES string of the molecule is C[CH]OC#CC(C)F. The largest absolute Gasteiger partial charge is 0.440 e. The maximum absolute atomic E-state index is 11.8. The molecule has 0 aliphatic carbocycles. The average Bonchev–Trinajstić information content (AvgIpc) is 1.66.